The zero-order chi connectivity index (χ0) is 13.6. The second kappa shape index (κ2) is 6.77. The number of nitrogens with zero attached hydrogens (tertiary/aromatic N) is 2. The Bertz CT molecular complexity index is 336. The van der Waals surface area contributed by atoms with Crippen LogP contribution in [0.2, 0.25) is 0 Å². The summed E-state index contributed by atoms with van der Waals surface area (Å²) in [6.45, 7) is 10.9. The van der Waals surface area contributed by atoms with E-state index in [0.29, 0.717) is 0 Å². The monoisotopic (exact) mass is 252 g/mol. The van der Waals surface area contributed by atoms with Gasteiger partial charge in [-0.3, -0.25) is 14.6 Å². The number of rotatable bonds is 3. The normalized spacial score (nSPS) is 18.8. The molecule has 1 aliphatic rings. The fourth-order valence-corrected chi connectivity index (χ4v) is 1.95. The van der Waals surface area contributed by atoms with Crippen LogP contribution in [0, 0.1) is 17.3 Å². The molecule has 0 amide bonds. The first-order valence-corrected chi connectivity index (χ1v) is 6.53. The molecule has 102 valence electrons. The number of hydrogen-bond donors (Lipinski definition) is 1. The Kier molecular flexibility index (Phi) is 5.64. The van der Waals surface area contributed by atoms with Gasteiger partial charge in [-0.15, -0.1) is 0 Å². The highest BCUT2D eigenvalue weighted by molar-refractivity contribution is 5.69. The van der Waals surface area contributed by atoms with Gasteiger partial charge in [0.15, 0.2) is 0 Å². The van der Waals surface area contributed by atoms with Crippen LogP contribution in [0.15, 0.2) is 0 Å². The minimum Gasteiger partial charge on any atom is -0.480 e. The van der Waals surface area contributed by atoms with Crippen molar-refractivity contribution in [3.8, 4) is 11.8 Å². The summed E-state index contributed by atoms with van der Waals surface area (Å²) in [5.74, 6) is 5.71. The molecular weight excluding hydrogens is 228 g/mol. The predicted molar refractivity (Wildman–Crippen MR) is 72.4 cm³/mol. The second-order valence-electron chi connectivity index (χ2n) is 5.85. The first kappa shape index (κ1) is 15.0. The van der Waals surface area contributed by atoms with Crippen LogP contribution in [0.4, 0.5) is 0 Å². The van der Waals surface area contributed by atoms with E-state index in [1.54, 1.807) is 0 Å². The van der Waals surface area contributed by atoms with Gasteiger partial charge in [0.25, 0.3) is 0 Å². The van der Waals surface area contributed by atoms with Gasteiger partial charge in [0.1, 0.15) is 0 Å². The van der Waals surface area contributed by atoms with Crippen molar-refractivity contribution in [2.75, 3.05) is 39.3 Å². The van der Waals surface area contributed by atoms with E-state index in [1.807, 2.05) is 4.90 Å². The standard InChI is InChI=1S/C14H24N2O2/c1-14(2,3)6-4-7-15-8-5-9-16(11-10-15)12-13(17)18/h5,7-12H2,1-3H3,(H,17,18). The molecule has 1 fully saturated rings. The molecule has 0 spiro atoms. The fourth-order valence-electron chi connectivity index (χ4n) is 1.95. The topological polar surface area (TPSA) is 43.8 Å². The molecule has 0 bridgehead atoms. The molecule has 0 aromatic rings. The van der Waals surface area contributed by atoms with Crippen LogP contribution >= 0.6 is 0 Å². The summed E-state index contributed by atoms with van der Waals surface area (Å²) in [6.07, 6.45) is 1.02. The zero-order valence-corrected chi connectivity index (χ0v) is 11.7. The maximum Gasteiger partial charge on any atom is 0.317 e. The van der Waals surface area contributed by atoms with Gasteiger partial charge in [0.05, 0.1) is 13.1 Å². The SMILES string of the molecule is CC(C)(C)C#CCN1CCCN(CC(=O)O)CC1. The van der Waals surface area contributed by atoms with Crippen molar-refractivity contribution < 1.29 is 9.90 Å². The lowest BCUT2D eigenvalue weighted by atomic mass is 9.98. The molecule has 1 rings (SSSR count). The van der Waals surface area contributed by atoms with Gasteiger partial charge in [0.2, 0.25) is 0 Å². The fraction of sp³-hybridized carbons (Fsp3) is 0.786. The molecular formula is C14H24N2O2. The van der Waals surface area contributed by atoms with E-state index in [-0.39, 0.29) is 12.0 Å². The molecule has 18 heavy (non-hydrogen) atoms. The van der Waals surface area contributed by atoms with Gasteiger partial charge in [-0.25, -0.2) is 0 Å². The third-order valence-corrected chi connectivity index (χ3v) is 2.81. The van der Waals surface area contributed by atoms with Crippen molar-refractivity contribution in [1.82, 2.24) is 9.80 Å². The van der Waals surface area contributed by atoms with Crippen molar-refractivity contribution in [3.63, 3.8) is 0 Å². The second-order valence-corrected chi connectivity index (χ2v) is 5.85. The molecule has 1 heterocycles. The van der Waals surface area contributed by atoms with Crippen LogP contribution in [-0.2, 0) is 4.79 Å². The lowest BCUT2D eigenvalue weighted by molar-refractivity contribution is -0.138. The van der Waals surface area contributed by atoms with E-state index in [4.69, 9.17) is 5.11 Å². The van der Waals surface area contributed by atoms with Crippen molar-refractivity contribution in [2.24, 2.45) is 5.41 Å². The number of carboxylic acids is 1. The highest BCUT2D eigenvalue weighted by Gasteiger charge is 2.15. The largest absolute Gasteiger partial charge is 0.480 e. The lowest BCUT2D eigenvalue weighted by Gasteiger charge is -2.18. The van der Waals surface area contributed by atoms with Gasteiger partial charge >= 0.3 is 5.97 Å². The molecule has 0 unspecified atom stereocenters. The van der Waals surface area contributed by atoms with E-state index in [1.165, 1.54) is 0 Å². The maximum atomic E-state index is 10.7. The molecule has 0 aromatic carbocycles. The highest BCUT2D eigenvalue weighted by Crippen LogP contribution is 2.09. The smallest absolute Gasteiger partial charge is 0.317 e. The van der Waals surface area contributed by atoms with Gasteiger partial charge in [-0.1, -0.05) is 11.8 Å². The van der Waals surface area contributed by atoms with Crippen molar-refractivity contribution >= 4 is 5.97 Å². The minimum absolute atomic E-state index is 0.0567. The van der Waals surface area contributed by atoms with Crippen LogP contribution in [-0.4, -0.2) is 60.1 Å². The Labute approximate surface area is 110 Å². The van der Waals surface area contributed by atoms with Gasteiger partial charge in [0, 0.05) is 31.6 Å². The number of carboxylic acid groups (broad SMARTS) is 1. The number of carbonyl (C=O) groups is 1. The van der Waals surface area contributed by atoms with Gasteiger partial charge in [-0.05, 0) is 27.2 Å². The number of aliphatic carboxylic acids is 1. The van der Waals surface area contributed by atoms with E-state index in [2.05, 4.69) is 37.5 Å². The summed E-state index contributed by atoms with van der Waals surface area (Å²) in [7, 11) is 0. The molecule has 1 saturated heterocycles. The zero-order valence-electron chi connectivity index (χ0n) is 11.7. The van der Waals surface area contributed by atoms with Crippen molar-refractivity contribution in [3.05, 3.63) is 0 Å². The summed E-state index contributed by atoms with van der Waals surface area (Å²) in [6, 6.07) is 0. The maximum absolute atomic E-state index is 10.7. The lowest BCUT2D eigenvalue weighted by Crippen LogP contribution is -2.34. The Balaban J connectivity index is 2.37. The Hall–Kier alpha value is -1.05. The van der Waals surface area contributed by atoms with Crippen molar-refractivity contribution in [1.29, 1.82) is 0 Å². The third kappa shape index (κ3) is 6.63. The van der Waals surface area contributed by atoms with E-state index in [9.17, 15) is 4.79 Å². The first-order valence-electron chi connectivity index (χ1n) is 6.53. The third-order valence-electron chi connectivity index (χ3n) is 2.81. The van der Waals surface area contributed by atoms with Crippen LogP contribution in [0.5, 0.6) is 0 Å². The van der Waals surface area contributed by atoms with Gasteiger partial charge in [-0.2, -0.15) is 0 Å². The minimum atomic E-state index is -0.740. The molecule has 1 aliphatic heterocycles. The summed E-state index contributed by atoms with van der Waals surface area (Å²) >= 11 is 0. The van der Waals surface area contributed by atoms with E-state index in [0.717, 1.165) is 39.1 Å². The summed E-state index contributed by atoms with van der Waals surface area (Å²) < 4.78 is 0. The number of hydrogen-bond acceptors (Lipinski definition) is 3. The van der Waals surface area contributed by atoms with Crippen LogP contribution in [0.25, 0.3) is 0 Å². The van der Waals surface area contributed by atoms with E-state index >= 15 is 0 Å². The molecule has 0 radical (unpaired) electrons. The quantitative estimate of drug-likeness (QED) is 0.765. The summed E-state index contributed by atoms with van der Waals surface area (Å²) in [5.41, 5.74) is 0.0567. The average molecular weight is 252 g/mol. The molecule has 4 nitrogen and oxygen atoms in total. The predicted octanol–water partition coefficient (Wildman–Crippen LogP) is 1.13. The summed E-state index contributed by atoms with van der Waals surface area (Å²) in [4.78, 5) is 15.0. The molecule has 0 atom stereocenters. The molecule has 0 aromatic heterocycles. The molecule has 0 aliphatic carbocycles. The van der Waals surface area contributed by atoms with Crippen LogP contribution in [0.1, 0.15) is 27.2 Å². The first-order chi connectivity index (χ1) is 8.37. The Morgan fingerprint density at radius 1 is 1.17 bits per heavy atom. The van der Waals surface area contributed by atoms with Crippen LogP contribution in [0.3, 0.4) is 0 Å². The molecule has 1 N–H and O–H groups in total. The van der Waals surface area contributed by atoms with Crippen LogP contribution < -0.4 is 0 Å². The van der Waals surface area contributed by atoms with Gasteiger partial charge < -0.3 is 5.11 Å². The highest BCUT2D eigenvalue weighted by atomic mass is 16.4. The Morgan fingerprint density at radius 2 is 1.78 bits per heavy atom. The summed E-state index contributed by atoms with van der Waals surface area (Å²) in [5, 5.41) is 8.78. The average Bonchev–Trinajstić information content (AvgIpc) is 2.41. The molecule has 0 saturated carbocycles. The van der Waals surface area contributed by atoms with Crippen molar-refractivity contribution in [2.45, 2.75) is 27.2 Å². The molecule has 4 heteroatoms. The Morgan fingerprint density at radius 3 is 2.39 bits per heavy atom. The van der Waals surface area contributed by atoms with E-state index < -0.39 is 5.97 Å².